The van der Waals surface area contributed by atoms with E-state index in [1.165, 1.54) is 12.1 Å². The van der Waals surface area contributed by atoms with E-state index < -0.39 is 6.79 Å². The van der Waals surface area contributed by atoms with Gasteiger partial charge < -0.3 is 4.74 Å². The molecule has 0 spiro atoms. The largest absolute Gasteiger partial charge is 0.465 e. The fourth-order valence-electron chi connectivity index (χ4n) is 0.680. The summed E-state index contributed by atoms with van der Waals surface area (Å²) in [5, 5.41) is 10.9. The van der Waals surface area contributed by atoms with Crippen LogP contribution in [0.5, 0.6) is 5.75 Å². The number of benzene rings is 1. The standard InChI is InChI=1S/C7H5Cl2O2/c8-5-1-6(9)3-7(2-5)11-4-10/h1-3H,4H2. The first kappa shape index (κ1) is 8.65. The van der Waals surface area contributed by atoms with Crippen molar-refractivity contribution in [3.63, 3.8) is 0 Å². The number of rotatable bonds is 2. The van der Waals surface area contributed by atoms with Gasteiger partial charge in [0.15, 0.2) is 0 Å². The Hall–Kier alpha value is -0.440. The van der Waals surface area contributed by atoms with Gasteiger partial charge in [0.25, 0.3) is 0 Å². The van der Waals surface area contributed by atoms with Crippen molar-refractivity contribution in [3.8, 4) is 5.75 Å². The third kappa shape index (κ3) is 2.58. The van der Waals surface area contributed by atoms with Crippen LogP contribution in [-0.2, 0) is 5.11 Å². The summed E-state index contributed by atoms with van der Waals surface area (Å²) >= 11 is 11.2. The molecule has 1 aromatic rings. The average molecular weight is 192 g/mol. The monoisotopic (exact) mass is 191 g/mol. The third-order valence-corrected chi connectivity index (χ3v) is 1.50. The van der Waals surface area contributed by atoms with Crippen LogP contribution >= 0.6 is 23.2 Å². The SMILES string of the molecule is [O]COc1cc(Cl)cc(Cl)c1. The van der Waals surface area contributed by atoms with Crippen molar-refractivity contribution in [2.45, 2.75) is 0 Å². The van der Waals surface area contributed by atoms with Crippen molar-refractivity contribution in [1.82, 2.24) is 0 Å². The van der Waals surface area contributed by atoms with Gasteiger partial charge >= 0.3 is 0 Å². The molecule has 2 nitrogen and oxygen atoms in total. The van der Waals surface area contributed by atoms with Crippen LogP contribution in [0.2, 0.25) is 10.0 Å². The maximum Gasteiger partial charge on any atom is 0.221 e. The zero-order valence-electron chi connectivity index (χ0n) is 5.51. The molecule has 0 bridgehead atoms. The second kappa shape index (κ2) is 3.81. The number of ether oxygens (including phenoxy) is 1. The minimum Gasteiger partial charge on any atom is -0.465 e. The van der Waals surface area contributed by atoms with Crippen LogP contribution in [0.1, 0.15) is 0 Å². The summed E-state index contributed by atoms with van der Waals surface area (Å²) in [5.41, 5.74) is 0. The first-order chi connectivity index (χ1) is 5.22. The molecule has 0 unspecified atom stereocenters. The summed E-state index contributed by atoms with van der Waals surface area (Å²) in [6.07, 6.45) is 0. The molecule has 0 fully saturated rings. The van der Waals surface area contributed by atoms with Gasteiger partial charge in [-0.2, -0.15) is 5.11 Å². The van der Waals surface area contributed by atoms with Crippen molar-refractivity contribution in [1.29, 1.82) is 0 Å². The molecule has 0 saturated carbocycles. The molecule has 59 valence electrons. The lowest BCUT2D eigenvalue weighted by Crippen LogP contribution is -1.92. The van der Waals surface area contributed by atoms with Crippen LogP contribution in [0, 0.1) is 0 Å². The predicted molar refractivity (Wildman–Crippen MR) is 42.6 cm³/mol. The number of hydrogen-bond donors (Lipinski definition) is 0. The summed E-state index contributed by atoms with van der Waals surface area (Å²) in [6.45, 7) is -0.628. The highest BCUT2D eigenvalue weighted by molar-refractivity contribution is 6.34. The molecular weight excluding hydrogens is 187 g/mol. The lowest BCUT2D eigenvalue weighted by Gasteiger charge is -2.01. The van der Waals surface area contributed by atoms with Crippen LogP contribution in [0.3, 0.4) is 0 Å². The molecule has 11 heavy (non-hydrogen) atoms. The molecule has 0 aliphatic carbocycles. The highest BCUT2D eigenvalue weighted by atomic mass is 35.5. The third-order valence-electron chi connectivity index (χ3n) is 1.06. The number of hydrogen-bond acceptors (Lipinski definition) is 1. The van der Waals surface area contributed by atoms with Crippen molar-refractivity contribution in [2.75, 3.05) is 6.79 Å². The van der Waals surface area contributed by atoms with Gasteiger partial charge in [-0.15, -0.1) is 0 Å². The quantitative estimate of drug-likeness (QED) is 0.662. The van der Waals surface area contributed by atoms with E-state index in [0.717, 1.165) is 0 Å². The first-order valence-corrected chi connectivity index (χ1v) is 3.65. The zero-order valence-corrected chi connectivity index (χ0v) is 7.02. The summed E-state index contributed by atoms with van der Waals surface area (Å²) in [4.78, 5) is 0. The fraction of sp³-hybridized carbons (Fsp3) is 0.143. The Balaban J connectivity index is 2.89. The molecule has 0 heterocycles. The molecule has 1 radical (unpaired) electrons. The molecule has 0 aliphatic rings. The lowest BCUT2D eigenvalue weighted by atomic mass is 10.3. The fourth-order valence-corrected chi connectivity index (χ4v) is 1.19. The molecule has 0 amide bonds. The van der Waals surface area contributed by atoms with Crippen LogP contribution in [0.25, 0.3) is 0 Å². The van der Waals surface area contributed by atoms with Crippen LogP contribution in [-0.4, -0.2) is 6.79 Å². The van der Waals surface area contributed by atoms with Crippen LogP contribution < -0.4 is 4.74 Å². The van der Waals surface area contributed by atoms with E-state index in [1.807, 2.05) is 0 Å². The predicted octanol–water partition coefficient (Wildman–Crippen LogP) is 2.76. The van der Waals surface area contributed by atoms with E-state index in [9.17, 15) is 5.11 Å². The van der Waals surface area contributed by atoms with Gasteiger partial charge in [0.05, 0.1) is 0 Å². The van der Waals surface area contributed by atoms with E-state index in [2.05, 4.69) is 4.74 Å². The Morgan fingerprint density at radius 3 is 2.18 bits per heavy atom. The van der Waals surface area contributed by atoms with Crippen molar-refractivity contribution >= 4 is 23.2 Å². The first-order valence-electron chi connectivity index (χ1n) is 2.89. The van der Waals surface area contributed by atoms with Gasteiger partial charge in [0, 0.05) is 10.0 Å². The van der Waals surface area contributed by atoms with Gasteiger partial charge in [-0.05, 0) is 18.2 Å². The minimum atomic E-state index is -0.628. The lowest BCUT2D eigenvalue weighted by molar-refractivity contribution is 0.0376. The molecule has 0 N–H and O–H groups in total. The Morgan fingerprint density at radius 2 is 1.73 bits per heavy atom. The normalized spacial score (nSPS) is 9.73. The van der Waals surface area contributed by atoms with E-state index in [4.69, 9.17) is 23.2 Å². The van der Waals surface area contributed by atoms with Crippen molar-refractivity contribution in [2.24, 2.45) is 0 Å². The second-order valence-corrected chi connectivity index (χ2v) is 2.74. The van der Waals surface area contributed by atoms with Crippen LogP contribution in [0.4, 0.5) is 0 Å². The van der Waals surface area contributed by atoms with E-state index in [1.54, 1.807) is 6.07 Å². The molecule has 0 aliphatic heterocycles. The Morgan fingerprint density at radius 1 is 1.18 bits per heavy atom. The Kier molecular flexibility index (Phi) is 3.00. The molecule has 1 rings (SSSR count). The summed E-state index contributed by atoms with van der Waals surface area (Å²) in [6, 6.07) is 4.64. The molecule has 4 heteroatoms. The smallest absolute Gasteiger partial charge is 0.221 e. The van der Waals surface area contributed by atoms with Gasteiger partial charge in [-0.25, -0.2) is 0 Å². The zero-order chi connectivity index (χ0) is 8.27. The van der Waals surface area contributed by atoms with Gasteiger partial charge in [0.1, 0.15) is 5.75 Å². The van der Waals surface area contributed by atoms with Crippen molar-refractivity contribution in [3.05, 3.63) is 28.2 Å². The Bertz CT molecular complexity index is 230. The van der Waals surface area contributed by atoms with E-state index in [-0.39, 0.29) is 0 Å². The summed E-state index contributed by atoms with van der Waals surface area (Å²) < 4.78 is 4.64. The van der Waals surface area contributed by atoms with E-state index in [0.29, 0.717) is 15.8 Å². The molecule has 0 aromatic heterocycles. The maximum absolute atomic E-state index is 10.0. The van der Waals surface area contributed by atoms with Gasteiger partial charge in [-0.1, -0.05) is 23.2 Å². The molecular formula is C7H5Cl2O2. The highest BCUT2D eigenvalue weighted by Crippen LogP contribution is 2.23. The highest BCUT2D eigenvalue weighted by Gasteiger charge is 1.97. The molecule has 0 saturated heterocycles. The molecule has 0 atom stereocenters. The van der Waals surface area contributed by atoms with Gasteiger partial charge in [-0.3, -0.25) is 0 Å². The maximum atomic E-state index is 10.0. The molecule has 1 aromatic carbocycles. The topological polar surface area (TPSA) is 29.1 Å². The number of halogens is 2. The second-order valence-electron chi connectivity index (χ2n) is 1.87. The van der Waals surface area contributed by atoms with E-state index >= 15 is 0 Å². The average Bonchev–Trinajstić information content (AvgIpc) is 1.85. The van der Waals surface area contributed by atoms with Crippen molar-refractivity contribution < 1.29 is 9.84 Å². The summed E-state index contributed by atoms with van der Waals surface area (Å²) in [7, 11) is 0. The van der Waals surface area contributed by atoms with Gasteiger partial charge in [0.2, 0.25) is 6.79 Å². The summed E-state index contributed by atoms with van der Waals surface area (Å²) in [5.74, 6) is 0.400. The Labute approximate surface area is 74.3 Å². The van der Waals surface area contributed by atoms with Crippen LogP contribution in [0.15, 0.2) is 18.2 Å². The minimum absolute atomic E-state index is 0.400.